The third-order valence-corrected chi connectivity index (χ3v) is 3.25. The molecule has 1 saturated heterocycles. The van der Waals surface area contributed by atoms with Crippen LogP contribution in [0.1, 0.15) is 32.5 Å². The van der Waals surface area contributed by atoms with Crippen LogP contribution in [-0.4, -0.2) is 46.0 Å². The molecule has 0 radical (unpaired) electrons. The van der Waals surface area contributed by atoms with Gasteiger partial charge in [0.05, 0.1) is 6.61 Å². The van der Waals surface area contributed by atoms with Crippen LogP contribution in [0.2, 0.25) is 0 Å². The minimum atomic E-state index is -0.386. The van der Waals surface area contributed by atoms with Crippen molar-refractivity contribution in [2.24, 2.45) is 5.73 Å². The average molecular weight is 239 g/mol. The van der Waals surface area contributed by atoms with E-state index in [1.807, 2.05) is 13.8 Å². The second-order valence-corrected chi connectivity index (χ2v) is 5.37. The van der Waals surface area contributed by atoms with Gasteiger partial charge >= 0.3 is 0 Å². The first-order valence-electron chi connectivity index (χ1n) is 6.07. The van der Waals surface area contributed by atoms with Crippen molar-refractivity contribution in [3.8, 4) is 0 Å². The maximum atomic E-state index is 9.29. The Hall–Kier alpha value is -1.14. The summed E-state index contributed by atoms with van der Waals surface area (Å²) in [4.78, 5) is 6.55. The highest BCUT2D eigenvalue weighted by Crippen LogP contribution is 2.21. The second kappa shape index (κ2) is 4.62. The van der Waals surface area contributed by atoms with E-state index in [2.05, 4.69) is 20.1 Å². The van der Waals surface area contributed by atoms with Gasteiger partial charge in [0.1, 0.15) is 5.82 Å². The Morgan fingerprint density at radius 1 is 1.59 bits per heavy atom. The molecular formula is C11H21N5O. The molecule has 96 valence electrons. The van der Waals surface area contributed by atoms with Crippen LogP contribution in [0.25, 0.3) is 0 Å². The minimum Gasteiger partial charge on any atom is -0.395 e. The summed E-state index contributed by atoms with van der Waals surface area (Å²) in [7, 11) is 0. The highest BCUT2D eigenvalue weighted by atomic mass is 16.3. The molecule has 0 bridgehead atoms. The zero-order chi connectivity index (χ0) is 12.5. The zero-order valence-electron chi connectivity index (χ0n) is 10.5. The summed E-state index contributed by atoms with van der Waals surface area (Å²) >= 11 is 0. The molecule has 1 aromatic rings. The van der Waals surface area contributed by atoms with E-state index in [1.165, 1.54) is 0 Å². The fourth-order valence-corrected chi connectivity index (χ4v) is 1.96. The summed E-state index contributed by atoms with van der Waals surface area (Å²) in [6.07, 6.45) is 2.14. The molecule has 0 aromatic carbocycles. The summed E-state index contributed by atoms with van der Waals surface area (Å²) < 4.78 is 0. The molecule has 6 heteroatoms. The topological polar surface area (TPSA) is 91.1 Å². The van der Waals surface area contributed by atoms with Crippen LogP contribution in [0, 0.1) is 0 Å². The van der Waals surface area contributed by atoms with Crippen LogP contribution in [0.5, 0.6) is 0 Å². The Bertz CT molecular complexity index is 376. The molecule has 0 saturated carbocycles. The van der Waals surface area contributed by atoms with Gasteiger partial charge in [-0.1, -0.05) is 13.8 Å². The number of piperidine rings is 1. The SMILES string of the molecule is CC(C)(CO)c1nc(N2CCCC(N)C2)n[nH]1. The molecule has 1 aliphatic heterocycles. The van der Waals surface area contributed by atoms with Crippen molar-refractivity contribution in [2.45, 2.75) is 38.1 Å². The van der Waals surface area contributed by atoms with E-state index >= 15 is 0 Å². The number of rotatable bonds is 3. The number of H-pyrrole nitrogens is 1. The number of nitrogens with zero attached hydrogens (tertiary/aromatic N) is 3. The van der Waals surface area contributed by atoms with Gasteiger partial charge in [0.25, 0.3) is 0 Å². The van der Waals surface area contributed by atoms with E-state index < -0.39 is 0 Å². The van der Waals surface area contributed by atoms with Gasteiger partial charge < -0.3 is 15.7 Å². The Morgan fingerprint density at radius 2 is 2.35 bits per heavy atom. The lowest BCUT2D eigenvalue weighted by atomic mass is 9.94. The molecule has 1 aliphatic rings. The molecule has 1 fully saturated rings. The molecular weight excluding hydrogens is 218 g/mol. The normalized spacial score (nSPS) is 21.9. The lowest BCUT2D eigenvalue weighted by Crippen LogP contribution is -2.43. The number of hydrogen-bond donors (Lipinski definition) is 3. The van der Waals surface area contributed by atoms with E-state index in [-0.39, 0.29) is 18.1 Å². The maximum absolute atomic E-state index is 9.29. The Kier molecular flexibility index (Phi) is 3.35. The predicted molar refractivity (Wildman–Crippen MR) is 65.9 cm³/mol. The van der Waals surface area contributed by atoms with Crippen LogP contribution in [0.15, 0.2) is 0 Å². The number of aromatic amines is 1. The molecule has 2 heterocycles. The molecule has 2 rings (SSSR count). The lowest BCUT2D eigenvalue weighted by Gasteiger charge is -2.29. The lowest BCUT2D eigenvalue weighted by molar-refractivity contribution is 0.212. The van der Waals surface area contributed by atoms with Gasteiger partial charge in [-0.15, -0.1) is 5.10 Å². The predicted octanol–water partition coefficient (Wildman–Crippen LogP) is 0.00210. The number of nitrogens with one attached hydrogen (secondary N) is 1. The first kappa shape index (κ1) is 12.3. The molecule has 0 aliphatic carbocycles. The Labute approximate surface area is 101 Å². The number of nitrogens with two attached hydrogens (primary N) is 1. The van der Waals surface area contributed by atoms with Gasteiger partial charge in [0.2, 0.25) is 5.95 Å². The molecule has 6 nitrogen and oxygen atoms in total. The number of aromatic nitrogens is 3. The van der Waals surface area contributed by atoms with Gasteiger partial charge in [0, 0.05) is 24.5 Å². The summed E-state index contributed by atoms with van der Waals surface area (Å²) in [6.45, 7) is 5.65. The highest BCUT2D eigenvalue weighted by molar-refractivity contribution is 5.31. The van der Waals surface area contributed by atoms with Crippen LogP contribution in [0.3, 0.4) is 0 Å². The molecule has 1 aromatic heterocycles. The maximum Gasteiger partial charge on any atom is 0.244 e. The van der Waals surface area contributed by atoms with Gasteiger partial charge in [0.15, 0.2) is 0 Å². The monoisotopic (exact) mass is 239 g/mol. The third kappa shape index (κ3) is 2.58. The van der Waals surface area contributed by atoms with Gasteiger partial charge in [-0.25, -0.2) is 0 Å². The van der Waals surface area contributed by atoms with E-state index in [1.54, 1.807) is 0 Å². The van der Waals surface area contributed by atoms with Crippen LogP contribution >= 0.6 is 0 Å². The van der Waals surface area contributed by atoms with E-state index in [0.717, 1.165) is 25.9 Å². The quantitative estimate of drug-likeness (QED) is 0.690. The Morgan fingerprint density at radius 3 is 3.00 bits per heavy atom. The fourth-order valence-electron chi connectivity index (χ4n) is 1.96. The average Bonchev–Trinajstić information content (AvgIpc) is 2.79. The minimum absolute atomic E-state index is 0.0428. The smallest absolute Gasteiger partial charge is 0.244 e. The van der Waals surface area contributed by atoms with Gasteiger partial charge in [-0.3, -0.25) is 5.10 Å². The fraction of sp³-hybridized carbons (Fsp3) is 0.818. The molecule has 1 unspecified atom stereocenters. The number of anilines is 1. The van der Waals surface area contributed by atoms with Crippen molar-refractivity contribution >= 4 is 5.95 Å². The summed E-state index contributed by atoms with van der Waals surface area (Å²) in [6, 6.07) is 0.205. The molecule has 17 heavy (non-hydrogen) atoms. The summed E-state index contributed by atoms with van der Waals surface area (Å²) in [5.41, 5.74) is 5.55. The molecule has 0 amide bonds. The number of hydrogen-bond acceptors (Lipinski definition) is 5. The zero-order valence-corrected chi connectivity index (χ0v) is 10.5. The van der Waals surface area contributed by atoms with Gasteiger partial charge in [-0.2, -0.15) is 4.98 Å². The van der Waals surface area contributed by atoms with Crippen molar-refractivity contribution in [1.82, 2.24) is 15.2 Å². The number of aliphatic hydroxyl groups excluding tert-OH is 1. The van der Waals surface area contributed by atoms with Crippen molar-refractivity contribution in [1.29, 1.82) is 0 Å². The van der Waals surface area contributed by atoms with Crippen molar-refractivity contribution < 1.29 is 5.11 Å². The second-order valence-electron chi connectivity index (χ2n) is 5.37. The first-order chi connectivity index (χ1) is 8.03. The van der Waals surface area contributed by atoms with E-state index in [4.69, 9.17) is 5.73 Å². The van der Waals surface area contributed by atoms with Crippen LogP contribution in [0.4, 0.5) is 5.95 Å². The third-order valence-electron chi connectivity index (χ3n) is 3.25. The molecule has 0 spiro atoms. The summed E-state index contributed by atoms with van der Waals surface area (Å²) in [5.74, 6) is 1.41. The van der Waals surface area contributed by atoms with Crippen molar-refractivity contribution in [3.05, 3.63) is 5.82 Å². The summed E-state index contributed by atoms with van der Waals surface area (Å²) in [5, 5.41) is 16.4. The van der Waals surface area contributed by atoms with Crippen molar-refractivity contribution in [3.63, 3.8) is 0 Å². The van der Waals surface area contributed by atoms with Crippen LogP contribution < -0.4 is 10.6 Å². The molecule has 4 N–H and O–H groups in total. The number of aliphatic hydroxyl groups is 1. The highest BCUT2D eigenvalue weighted by Gasteiger charge is 2.26. The van der Waals surface area contributed by atoms with Gasteiger partial charge in [-0.05, 0) is 12.8 Å². The standard InChI is InChI=1S/C11H21N5O/c1-11(2,7-17)9-13-10(15-14-9)16-5-3-4-8(12)6-16/h8,17H,3-7,12H2,1-2H3,(H,13,14,15). The van der Waals surface area contributed by atoms with E-state index in [9.17, 15) is 5.11 Å². The van der Waals surface area contributed by atoms with Crippen LogP contribution in [-0.2, 0) is 5.41 Å². The van der Waals surface area contributed by atoms with E-state index in [0.29, 0.717) is 11.8 Å². The first-order valence-corrected chi connectivity index (χ1v) is 6.07. The Balaban J connectivity index is 2.12. The largest absolute Gasteiger partial charge is 0.395 e. The molecule has 1 atom stereocenters. The van der Waals surface area contributed by atoms with Crippen molar-refractivity contribution in [2.75, 3.05) is 24.6 Å².